The maximum atomic E-state index is 6.09. The van der Waals surface area contributed by atoms with Crippen LogP contribution in [-0.2, 0) is 6.42 Å². The van der Waals surface area contributed by atoms with Crippen molar-refractivity contribution >= 4 is 29.2 Å². The van der Waals surface area contributed by atoms with Crippen molar-refractivity contribution in [2.24, 2.45) is 16.6 Å². The molecule has 0 aliphatic carbocycles. The second-order valence-corrected chi connectivity index (χ2v) is 6.12. The van der Waals surface area contributed by atoms with E-state index in [1.807, 2.05) is 49.5 Å². The highest BCUT2D eigenvalue weighted by atomic mass is 35.5. The third-order valence-corrected chi connectivity index (χ3v) is 4.02. The van der Waals surface area contributed by atoms with Crippen LogP contribution in [0, 0.1) is 6.92 Å². The van der Waals surface area contributed by atoms with Crippen molar-refractivity contribution in [3.8, 4) is 0 Å². The van der Waals surface area contributed by atoms with Gasteiger partial charge in [0, 0.05) is 24.0 Å². The summed E-state index contributed by atoms with van der Waals surface area (Å²) in [7, 11) is 1.84. The molecule has 0 aliphatic rings. The standard InChI is InChI=1S/C19H23ClN4/c1-14-4-3-5-19(24(2)22)18(14)11-8-16(21)12-13-23-17-9-6-15(20)7-10-17/h3-7,9-10,12-13H,8,11,21-22H2,1-2H3. The van der Waals surface area contributed by atoms with Gasteiger partial charge >= 0.3 is 0 Å². The van der Waals surface area contributed by atoms with Gasteiger partial charge in [0.1, 0.15) is 0 Å². The van der Waals surface area contributed by atoms with Gasteiger partial charge < -0.3 is 10.7 Å². The predicted molar refractivity (Wildman–Crippen MR) is 104 cm³/mol. The van der Waals surface area contributed by atoms with Crippen molar-refractivity contribution in [3.05, 3.63) is 70.4 Å². The third-order valence-electron chi connectivity index (χ3n) is 3.77. The minimum Gasteiger partial charge on any atom is -0.402 e. The lowest BCUT2D eigenvalue weighted by Gasteiger charge is -2.19. The number of hydrogen-bond acceptors (Lipinski definition) is 4. The van der Waals surface area contributed by atoms with Gasteiger partial charge in [-0.1, -0.05) is 23.7 Å². The predicted octanol–water partition coefficient (Wildman–Crippen LogP) is 4.14. The van der Waals surface area contributed by atoms with Gasteiger partial charge in [0.2, 0.25) is 0 Å². The zero-order chi connectivity index (χ0) is 17.5. The molecule has 0 radical (unpaired) electrons. The average Bonchev–Trinajstić information content (AvgIpc) is 2.55. The zero-order valence-corrected chi connectivity index (χ0v) is 14.8. The minimum absolute atomic E-state index is 0.697. The smallest absolute Gasteiger partial charge is 0.0630 e. The number of aliphatic imine (C=N–C) groups is 1. The number of hydrogen-bond donors (Lipinski definition) is 2. The summed E-state index contributed by atoms with van der Waals surface area (Å²) < 4.78 is 0. The normalized spacial score (nSPS) is 11.9. The molecule has 0 saturated carbocycles. The first kappa shape index (κ1) is 18.0. The number of nitrogens with two attached hydrogens (primary N) is 2. The van der Waals surface area contributed by atoms with Crippen molar-refractivity contribution in [1.29, 1.82) is 0 Å². The van der Waals surface area contributed by atoms with Gasteiger partial charge in [-0.25, -0.2) is 5.84 Å². The number of aryl methyl sites for hydroxylation is 1. The van der Waals surface area contributed by atoms with E-state index >= 15 is 0 Å². The number of benzene rings is 2. The number of hydrazine groups is 1. The Kier molecular flexibility index (Phi) is 6.41. The van der Waals surface area contributed by atoms with Crippen LogP contribution in [-0.4, -0.2) is 13.3 Å². The molecule has 4 N–H and O–H groups in total. The summed E-state index contributed by atoms with van der Waals surface area (Å²) in [6.45, 7) is 2.09. The van der Waals surface area contributed by atoms with E-state index in [0.29, 0.717) is 5.02 Å². The van der Waals surface area contributed by atoms with Gasteiger partial charge in [-0.2, -0.15) is 0 Å². The number of anilines is 1. The van der Waals surface area contributed by atoms with Gasteiger partial charge in [0.15, 0.2) is 0 Å². The lowest BCUT2D eigenvalue weighted by atomic mass is 10.0. The molecule has 0 saturated heterocycles. The molecule has 0 bridgehead atoms. The lowest BCUT2D eigenvalue weighted by Crippen LogP contribution is -2.26. The maximum Gasteiger partial charge on any atom is 0.0630 e. The largest absolute Gasteiger partial charge is 0.402 e. The van der Waals surface area contributed by atoms with Gasteiger partial charge in [-0.05, 0) is 67.3 Å². The Bertz CT molecular complexity index is 734. The van der Waals surface area contributed by atoms with E-state index in [-0.39, 0.29) is 0 Å². The highest BCUT2D eigenvalue weighted by molar-refractivity contribution is 6.30. The Morgan fingerprint density at radius 3 is 2.58 bits per heavy atom. The molecule has 2 aromatic carbocycles. The quantitative estimate of drug-likeness (QED) is 0.471. The van der Waals surface area contributed by atoms with Gasteiger partial charge in [-0.15, -0.1) is 0 Å². The second kappa shape index (κ2) is 8.52. The fourth-order valence-electron chi connectivity index (χ4n) is 2.44. The first-order valence-electron chi connectivity index (χ1n) is 7.78. The molecule has 0 unspecified atom stereocenters. The number of halogens is 1. The van der Waals surface area contributed by atoms with Crippen LogP contribution in [0.3, 0.4) is 0 Å². The van der Waals surface area contributed by atoms with Crippen LogP contribution in [0.5, 0.6) is 0 Å². The molecule has 2 rings (SSSR count). The van der Waals surface area contributed by atoms with Crippen LogP contribution >= 0.6 is 11.6 Å². The average molecular weight is 343 g/mol. The van der Waals surface area contributed by atoms with E-state index in [1.54, 1.807) is 11.2 Å². The monoisotopic (exact) mass is 342 g/mol. The molecule has 0 aliphatic heterocycles. The Morgan fingerprint density at radius 1 is 1.21 bits per heavy atom. The van der Waals surface area contributed by atoms with Crippen molar-refractivity contribution < 1.29 is 0 Å². The van der Waals surface area contributed by atoms with Gasteiger partial charge in [0.05, 0.1) is 11.4 Å². The molecule has 2 aromatic rings. The fourth-order valence-corrected chi connectivity index (χ4v) is 2.57. The van der Waals surface area contributed by atoms with Gasteiger partial charge in [-0.3, -0.25) is 4.99 Å². The van der Waals surface area contributed by atoms with Crippen molar-refractivity contribution in [2.45, 2.75) is 19.8 Å². The molecule has 0 heterocycles. The van der Waals surface area contributed by atoms with Crippen molar-refractivity contribution in [3.63, 3.8) is 0 Å². The molecule has 0 amide bonds. The summed E-state index contributed by atoms with van der Waals surface area (Å²) in [6.07, 6.45) is 5.13. The number of nitrogens with zero attached hydrogens (tertiary/aromatic N) is 2. The molecule has 0 fully saturated rings. The van der Waals surface area contributed by atoms with Crippen molar-refractivity contribution in [2.75, 3.05) is 12.1 Å². The van der Waals surface area contributed by atoms with E-state index in [0.717, 1.165) is 29.9 Å². The third kappa shape index (κ3) is 5.11. The molecule has 0 atom stereocenters. The molecule has 24 heavy (non-hydrogen) atoms. The van der Waals surface area contributed by atoms with Crippen LogP contribution in [0.4, 0.5) is 11.4 Å². The zero-order valence-electron chi connectivity index (χ0n) is 14.0. The molecule has 4 nitrogen and oxygen atoms in total. The van der Waals surface area contributed by atoms with Crippen LogP contribution in [0.15, 0.2) is 59.2 Å². The molecule has 0 aromatic heterocycles. The SMILES string of the molecule is Cc1cccc(N(C)N)c1CCC(N)=CC=Nc1ccc(Cl)cc1. The van der Waals surface area contributed by atoms with Crippen molar-refractivity contribution in [1.82, 2.24) is 0 Å². The summed E-state index contributed by atoms with van der Waals surface area (Å²) >= 11 is 5.85. The van der Waals surface area contributed by atoms with Crippen LogP contribution in [0.1, 0.15) is 17.5 Å². The van der Waals surface area contributed by atoms with E-state index < -0.39 is 0 Å². The first-order chi connectivity index (χ1) is 11.5. The van der Waals surface area contributed by atoms with E-state index in [9.17, 15) is 0 Å². The van der Waals surface area contributed by atoms with E-state index in [4.69, 9.17) is 23.2 Å². The summed E-state index contributed by atoms with van der Waals surface area (Å²) in [4.78, 5) is 4.34. The van der Waals surface area contributed by atoms with E-state index in [2.05, 4.69) is 18.0 Å². The van der Waals surface area contributed by atoms with Crippen LogP contribution < -0.4 is 16.6 Å². The Morgan fingerprint density at radius 2 is 1.92 bits per heavy atom. The molecular weight excluding hydrogens is 320 g/mol. The summed E-state index contributed by atoms with van der Waals surface area (Å²) in [5, 5.41) is 2.34. The summed E-state index contributed by atoms with van der Waals surface area (Å²) in [6, 6.07) is 13.5. The Balaban J connectivity index is 2.00. The maximum absolute atomic E-state index is 6.09. The summed E-state index contributed by atoms with van der Waals surface area (Å²) in [5.74, 6) is 5.90. The van der Waals surface area contributed by atoms with E-state index in [1.165, 1.54) is 11.1 Å². The molecular formula is C19H23ClN4. The fraction of sp³-hybridized carbons (Fsp3) is 0.211. The second-order valence-electron chi connectivity index (χ2n) is 5.68. The summed E-state index contributed by atoms with van der Waals surface area (Å²) in [5.41, 5.74) is 11.2. The molecule has 5 heteroatoms. The highest BCUT2D eigenvalue weighted by Gasteiger charge is 2.07. The topological polar surface area (TPSA) is 67.6 Å². The number of allylic oxidation sites excluding steroid dienone is 2. The molecule has 0 spiro atoms. The minimum atomic E-state index is 0.697. The van der Waals surface area contributed by atoms with Gasteiger partial charge in [0.25, 0.3) is 0 Å². The van der Waals surface area contributed by atoms with Crippen LogP contribution in [0.25, 0.3) is 0 Å². The Hall–Kier alpha value is -2.30. The molecule has 126 valence electrons. The number of rotatable bonds is 6. The highest BCUT2D eigenvalue weighted by Crippen LogP contribution is 2.23. The van der Waals surface area contributed by atoms with Crippen LogP contribution in [0.2, 0.25) is 5.02 Å². The first-order valence-corrected chi connectivity index (χ1v) is 8.16. The Labute approximate surface area is 148 Å². The lowest BCUT2D eigenvalue weighted by molar-refractivity contribution is 0.899.